The number of nitrogens with one attached hydrogen (secondary N) is 2. The van der Waals surface area contributed by atoms with Crippen LogP contribution in [-0.4, -0.2) is 26.0 Å². The highest BCUT2D eigenvalue weighted by atomic mass is 32.1. The number of aryl methyl sites for hydroxylation is 1. The largest absolute Gasteiger partial charge is 0.377 e. The number of unbranched alkanes of at least 4 members (excludes halogenated alkanes) is 2. The van der Waals surface area contributed by atoms with Gasteiger partial charge in [0.05, 0.1) is 12.3 Å². The fraction of sp³-hybridized carbons (Fsp3) is 0.353. The molecule has 1 aromatic carbocycles. The van der Waals surface area contributed by atoms with Crippen molar-refractivity contribution in [2.45, 2.75) is 32.3 Å². The third kappa shape index (κ3) is 4.18. The number of aromatic amines is 2. The molecule has 0 saturated carbocycles. The van der Waals surface area contributed by atoms with E-state index in [1.54, 1.807) is 0 Å². The zero-order chi connectivity index (χ0) is 16.8. The van der Waals surface area contributed by atoms with Gasteiger partial charge >= 0.3 is 5.69 Å². The molecule has 2 aromatic heterocycles. The SMILES string of the molecule is O=c1[nH]c(=S)[nH]c2c(CCCCCOCc3ccccc3)ncn12. The van der Waals surface area contributed by atoms with E-state index >= 15 is 0 Å². The molecule has 2 heterocycles. The van der Waals surface area contributed by atoms with Crippen molar-refractivity contribution in [1.29, 1.82) is 0 Å². The zero-order valence-electron chi connectivity index (χ0n) is 13.3. The number of imidazole rings is 1. The Hall–Kier alpha value is -2.25. The molecule has 0 fully saturated rings. The van der Waals surface area contributed by atoms with Crippen LogP contribution >= 0.6 is 12.2 Å². The molecule has 0 spiro atoms. The summed E-state index contributed by atoms with van der Waals surface area (Å²) in [4.78, 5) is 21.6. The first-order valence-corrected chi connectivity index (χ1v) is 8.45. The molecular weight excluding hydrogens is 324 g/mol. The lowest BCUT2D eigenvalue weighted by Crippen LogP contribution is -2.16. The molecule has 0 unspecified atom stereocenters. The molecule has 126 valence electrons. The van der Waals surface area contributed by atoms with E-state index in [1.807, 2.05) is 18.2 Å². The Balaban J connectivity index is 1.41. The van der Waals surface area contributed by atoms with E-state index in [9.17, 15) is 4.79 Å². The molecule has 0 amide bonds. The van der Waals surface area contributed by atoms with Crippen LogP contribution in [0.3, 0.4) is 0 Å². The first-order chi connectivity index (χ1) is 11.7. The van der Waals surface area contributed by atoms with Crippen molar-refractivity contribution in [2.75, 3.05) is 6.61 Å². The van der Waals surface area contributed by atoms with Gasteiger partial charge in [-0.15, -0.1) is 0 Å². The second-order valence-corrected chi connectivity index (χ2v) is 6.05. The number of fused-ring (bicyclic) bond motifs is 1. The fourth-order valence-electron chi connectivity index (χ4n) is 2.59. The summed E-state index contributed by atoms with van der Waals surface area (Å²) in [5.41, 5.74) is 2.49. The van der Waals surface area contributed by atoms with Crippen molar-refractivity contribution in [3.63, 3.8) is 0 Å². The minimum absolute atomic E-state index is 0.262. The van der Waals surface area contributed by atoms with Gasteiger partial charge in [0, 0.05) is 6.61 Å². The number of ether oxygens (including phenoxy) is 1. The van der Waals surface area contributed by atoms with Crippen molar-refractivity contribution in [3.05, 3.63) is 63.2 Å². The average molecular weight is 344 g/mol. The van der Waals surface area contributed by atoms with E-state index in [-0.39, 0.29) is 5.69 Å². The molecule has 2 N–H and O–H groups in total. The van der Waals surface area contributed by atoms with Crippen LogP contribution in [0.2, 0.25) is 0 Å². The molecule has 0 aliphatic carbocycles. The molecule has 24 heavy (non-hydrogen) atoms. The molecule has 0 saturated heterocycles. The Morgan fingerprint density at radius 2 is 1.96 bits per heavy atom. The van der Waals surface area contributed by atoms with Gasteiger partial charge in [-0.2, -0.15) is 0 Å². The fourth-order valence-corrected chi connectivity index (χ4v) is 2.77. The maximum Gasteiger partial charge on any atom is 0.334 e. The van der Waals surface area contributed by atoms with E-state index in [0.29, 0.717) is 17.0 Å². The summed E-state index contributed by atoms with van der Waals surface area (Å²) in [5, 5.41) is 0. The number of nitrogens with zero attached hydrogens (tertiary/aromatic N) is 2. The predicted molar refractivity (Wildman–Crippen MR) is 94.7 cm³/mol. The molecule has 0 aliphatic rings. The van der Waals surface area contributed by atoms with Crippen LogP contribution in [0.4, 0.5) is 0 Å². The maximum absolute atomic E-state index is 11.7. The van der Waals surface area contributed by atoms with Crippen LogP contribution in [0.5, 0.6) is 0 Å². The summed E-state index contributed by atoms with van der Waals surface area (Å²) in [5.74, 6) is 0. The summed E-state index contributed by atoms with van der Waals surface area (Å²) in [6, 6.07) is 10.2. The summed E-state index contributed by atoms with van der Waals surface area (Å²) in [7, 11) is 0. The summed E-state index contributed by atoms with van der Waals surface area (Å²) < 4.78 is 7.45. The summed E-state index contributed by atoms with van der Waals surface area (Å²) in [6.45, 7) is 1.41. The van der Waals surface area contributed by atoms with E-state index < -0.39 is 0 Å². The quantitative estimate of drug-likeness (QED) is 0.486. The van der Waals surface area contributed by atoms with Gasteiger partial charge in [0.1, 0.15) is 12.0 Å². The summed E-state index contributed by atoms with van der Waals surface area (Å²) >= 11 is 5.01. The van der Waals surface area contributed by atoms with E-state index in [2.05, 4.69) is 27.1 Å². The molecule has 3 rings (SSSR count). The highest BCUT2D eigenvalue weighted by Gasteiger charge is 2.06. The Kier molecular flexibility index (Phi) is 5.55. The lowest BCUT2D eigenvalue weighted by Gasteiger charge is -2.04. The van der Waals surface area contributed by atoms with Gasteiger partial charge in [0.2, 0.25) is 0 Å². The molecule has 3 aromatic rings. The lowest BCUT2D eigenvalue weighted by atomic mass is 10.1. The van der Waals surface area contributed by atoms with E-state index in [1.165, 1.54) is 16.3 Å². The lowest BCUT2D eigenvalue weighted by molar-refractivity contribution is 0.117. The standard InChI is InChI=1S/C17H20N4O2S/c22-17-20-16(24)19-15-14(18-12-21(15)17)9-5-2-6-10-23-11-13-7-3-1-4-8-13/h1,3-4,7-8,12H,2,5-6,9-11H2,(H2,19,20,22,24). The van der Waals surface area contributed by atoms with Crippen LogP contribution in [0.15, 0.2) is 41.5 Å². The third-order valence-corrected chi connectivity index (χ3v) is 4.03. The molecule has 0 atom stereocenters. The van der Waals surface area contributed by atoms with Crippen LogP contribution in [0.25, 0.3) is 5.65 Å². The van der Waals surface area contributed by atoms with Gasteiger partial charge in [-0.1, -0.05) is 36.8 Å². The van der Waals surface area contributed by atoms with Crippen molar-refractivity contribution in [3.8, 4) is 0 Å². The van der Waals surface area contributed by atoms with Gasteiger partial charge < -0.3 is 9.72 Å². The van der Waals surface area contributed by atoms with Crippen molar-refractivity contribution >= 4 is 17.9 Å². The monoisotopic (exact) mass is 344 g/mol. The first-order valence-electron chi connectivity index (χ1n) is 8.04. The molecule has 6 nitrogen and oxygen atoms in total. The van der Waals surface area contributed by atoms with E-state index in [0.717, 1.165) is 38.0 Å². The van der Waals surface area contributed by atoms with E-state index in [4.69, 9.17) is 17.0 Å². The minimum Gasteiger partial charge on any atom is -0.377 e. The van der Waals surface area contributed by atoms with Crippen molar-refractivity contribution in [1.82, 2.24) is 19.4 Å². The summed E-state index contributed by atoms with van der Waals surface area (Å²) in [6.07, 6.45) is 5.39. The van der Waals surface area contributed by atoms with Crippen LogP contribution in [0, 0.1) is 4.77 Å². The minimum atomic E-state index is -0.262. The Labute approximate surface area is 144 Å². The number of aromatic nitrogens is 4. The predicted octanol–water partition coefficient (Wildman–Crippen LogP) is 3.01. The average Bonchev–Trinajstić information content (AvgIpc) is 2.98. The Bertz CT molecular complexity index is 898. The topological polar surface area (TPSA) is 75.2 Å². The normalized spacial score (nSPS) is 11.2. The number of rotatable bonds is 8. The van der Waals surface area contributed by atoms with Gasteiger partial charge in [-0.3, -0.25) is 4.98 Å². The van der Waals surface area contributed by atoms with Crippen molar-refractivity contribution in [2.24, 2.45) is 0 Å². The molecule has 0 bridgehead atoms. The third-order valence-electron chi connectivity index (χ3n) is 3.83. The number of benzene rings is 1. The van der Waals surface area contributed by atoms with Gasteiger partial charge in [0.25, 0.3) is 0 Å². The molecular formula is C17H20N4O2S. The van der Waals surface area contributed by atoms with Crippen molar-refractivity contribution < 1.29 is 4.74 Å². The molecule has 0 aliphatic heterocycles. The number of H-pyrrole nitrogens is 2. The Morgan fingerprint density at radius 3 is 2.79 bits per heavy atom. The highest BCUT2D eigenvalue weighted by molar-refractivity contribution is 7.71. The second kappa shape index (κ2) is 8.03. The zero-order valence-corrected chi connectivity index (χ0v) is 14.1. The smallest absolute Gasteiger partial charge is 0.334 e. The van der Waals surface area contributed by atoms with Gasteiger partial charge in [-0.05, 0) is 37.0 Å². The highest BCUT2D eigenvalue weighted by Crippen LogP contribution is 2.09. The molecule has 0 radical (unpaired) electrons. The molecule has 7 heteroatoms. The van der Waals surface area contributed by atoms with Gasteiger partial charge in [-0.25, -0.2) is 14.2 Å². The Morgan fingerprint density at radius 1 is 1.12 bits per heavy atom. The van der Waals surface area contributed by atoms with Crippen LogP contribution in [0.1, 0.15) is 30.5 Å². The van der Waals surface area contributed by atoms with Crippen LogP contribution < -0.4 is 5.69 Å². The second-order valence-electron chi connectivity index (χ2n) is 5.64. The number of hydrogen-bond donors (Lipinski definition) is 2. The maximum atomic E-state index is 11.7. The number of hydrogen-bond acceptors (Lipinski definition) is 4. The first kappa shape index (κ1) is 16.6. The van der Waals surface area contributed by atoms with Gasteiger partial charge in [0.15, 0.2) is 4.77 Å². The van der Waals surface area contributed by atoms with Crippen LogP contribution in [-0.2, 0) is 17.8 Å².